The van der Waals surface area contributed by atoms with Gasteiger partial charge in [-0.05, 0) is 49.3 Å². The lowest BCUT2D eigenvalue weighted by atomic mass is 9.95. The SMILES string of the molecule is C=C(Nc1ccnc(S(=C)C)c1)c1cc2c(nc1N1CCC(F)(F)C(C)C1)CCC2. The fourth-order valence-electron chi connectivity index (χ4n) is 4.12. The molecule has 0 radical (unpaired) electrons. The zero-order valence-electron chi connectivity index (χ0n) is 17.5. The maximum Gasteiger partial charge on any atom is 0.254 e. The highest BCUT2D eigenvalue weighted by atomic mass is 32.2. The molecule has 0 spiro atoms. The molecule has 2 aromatic heterocycles. The van der Waals surface area contributed by atoms with Gasteiger partial charge in [-0.2, -0.15) is 0 Å². The van der Waals surface area contributed by atoms with Gasteiger partial charge in [0.25, 0.3) is 5.92 Å². The van der Waals surface area contributed by atoms with Crippen LogP contribution >= 0.6 is 10.5 Å². The lowest BCUT2D eigenvalue weighted by Crippen LogP contribution is -2.46. The maximum atomic E-state index is 14.1. The molecule has 2 aliphatic rings. The Balaban J connectivity index is 1.66. The Labute approximate surface area is 179 Å². The Bertz CT molecular complexity index is 1000. The summed E-state index contributed by atoms with van der Waals surface area (Å²) < 4.78 is 28.1. The van der Waals surface area contributed by atoms with E-state index < -0.39 is 11.8 Å². The van der Waals surface area contributed by atoms with Gasteiger partial charge >= 0.3 is 0 Å². The van der Waals surface area contributed by atoms with E-state index in [9.17, 15) is 8.78 Å². The molecule has 0 bridgehead atoms. The second-order valence-electron chi connectivity index (χ2n) is 8.30. The average Bonchev–Trinajstić information content (AvgIpc) is 3.17. The number of hydrogen-bond donors (Lipinski definition) is 1. The van der Waals surface area contributed by atoms with Crippen molar-refractivity contribution in [1.29, 1.82) is 0 Å². The van der Waals surface area contributed by atoms with Crippen LogP contribution in [0.1, 0.15) is 36.6 Å². The number of nitrogens with one attached hydrogen (secondary N) is 1. The number of aromatic nitrogens is 2. The number of alkyl halides is 2. The molecule has 1 fully saturated rings. The van der Waals surface area contributed by atoms with Gasteiger partial charge in [0.1, 0.15) is 5.82 Å². The number of halogens is 2. The van der Waals surface area contributed by atoms with E-state index in [4.69, 9.17) is 4.98 Å². The third-order valence-electron chi connectivity index (χ3n) is 5.97. The van der Waals surface area contributed by atoms with Gasteiger partial charge in [0.15, 0.2) is 0 Å². The van der Waals surface area contributed by atoms with Crippen LogP contribution in [0.2, 0.25) is 0 Å². The quantitative estimate of drug-likeness (QED) is 0.661. The number of pyridine rings is 2. The summed E-state index contributed by atoms with van der Waals surface area (Å²) in [6.07, 6.45) is 6.65. The van der Waals surface area contributed by atoms with E-state index in [2.05, 4.69) is 28.8 Å². The predicted molar refractivity (Wildman–Crippen MR) is 123 cm³/mol. The molecule has 4 nitrogen and oxygen atoms in total. The van der Waals surface area contributed by atoms with Crippen molar-refractivity contribution in [1.82, 2.24) is 9.97 Å². The summed E-state index contributed by atoms with van der Waals surface area (Å²) in [7, 11) is -0.191. The third kappa shape index (κ3) is 4.13. The smallest absolute Gasteiger partial charge is 0.254 e. The molecule has 2 aromatic rings. The summed E-state index contributed by atoms with van der Waals surface area (Å²) >= 11 is 0. The second-order valence-corrected chi connectivity index (χ2v) is 9.99. The molecule has 1 saturated heterocycles. The molecular formula is C23H28F2N4S. The molecule has 2 unspecified atom stereocenters. The molecular weight excluding hydrogens is 402 g/mol. The predicted octanol–water partition coefficient (Wildman–Crippen LogP) is 5.22. The van der Waals surface area contributed by atoms with Crippen molar-refractivity contribution in [3.05, 3.63) is 47.8 Å². The van der Waals surface area contributed by atoms with Crippen LogP contribution in [0.5, 0.6) is 0 Å². The van der Waals surface area contributed by atoms with Crippen molar-refractivity contribution >= 4 is 33.6 Å². The number of hydrogen-bond acceptors (Lipinski definition) is 4. The van der Waals surface area contributed by atoms with Crippen molar-refractivity contribution in [2.45, 2.75) is 43.6 Å². The molecule has 4 rings (SSSR count). The molecule has 1 N–H and O–H groups in total. The minimum Gasteiger partial charge on any atom is -0.355 e. The Kier molecular flexibility index (Phi) is 5.66. The monoisotopic (exact) mass is 430 g/mol. The molecule has 7 heteroatoms. The number of fused-ring (bicyclic) bond motifs is 1. The Morgan fingerprint density at radius 1 is 1.33 bits per heavy atom. The first-order valence-electron chi connectivity index (χ1n) is 10.3. The molecule has 30 heavy (non-hydrogen) atoms. The number of rotatable bonds is 5. The zero-order chi connectivity index (χ0) is 21.5. The molecule has 160 valence electrons. The lowest BCUT2D eigenvalue weighted by molar-refractivity contribution is -0.0652. The third-order valence-corrected chi connectivity index (χ3v) is 6.91. The van der Waals surface area contributed by atoms with Crippen LogP contribution in [-0.4, -0.2) is 41.1 Å². The summed E-state index contributed by atoms with van der Waals surface area (Å²) in [5.41, 5.74) is 4.81. The van der Waals surface area contributed by atoms with E-state index in [0.29, 0.717) is 13.1 Å². The van der Waals surface area contributed by atoms with Gasteiger partial charge in [-0.25, -0.2) is 13.8 Å². The van der Waals surface area contributed by atoms with Crippen LogP contribution in [0.4, 0.5) is 20.3 Å². The maximum absolute atomic E-state index is 14.1. The number of nitrogens with zero attached hydrogens (tertiary/aromatic N) is 3. The topological polar surface area (TPSA) is 41.1 Å². The highest BCUT2D eigenvalue weighted by Gasteiger charge is 2.42. The van der Waals surface area contributed by atoms with Gasteiger partial charge in [-0.1, -0.05) is 19.4 Å². The molecule has 0 saturated carbocycles. The van der Waals surface area contributed by atoms with Crippen LogP contribution in [0, 0.1) is 5.92 Å². The van der Waals surface area contributed by atoms with Crippen LogP contribution in [0.25, 0.3) is 5.70 Å². The van der Waals surface area contributed by atoms with Crippen molar-refractivity contribution in [3.63, 3.8) is 0 Å². The lowest BCUT2D eigenvalue weighted by Gasteiger charge is -2.38. The van der Waals surface area contributed by atoms with E-state index in [1.807, 2.05) is 23.3 Å². The summed E-state index contributed by atoms with van der Waals surface area (Å²) in [5.74, 6) is 1.49. The van der Waals surface area contributed by atoms with Gasteiger partial charge in [-0.3, -0.25) is 4.98 Å². The van der Waals surface area contributed by atoms with Crippen molar-refractivity contribution in [2.75, 3.05) is 29.6 Å². The van der Waals surface area contributed by atoms with Gasteiger partial charge in [0.2, 0.25) is 0 Å². The largest absolute Gasteiger partial charge is 0.355 e. The van der Waals surface area contributed by atoms with E-state index in [0.717, 1.165) is 52.7 Å². The first kappa shape index (κ1) is 21.0. The first-order valence-corrected chi connectivity index (χ1v) is 12.1. The molecule has 1 aliphatic heterocycles. The van der Waals surface area contributed by atoms with E-state index in [-0.39, 0.29) is 16.9 Å². The van der Waals surface area contributed by atoms with Crippen LogP contribution in [0.3, 0.4) is 0 Å². The fourth-order valence-corrected chi connectivity index (χ4v) is 4.69. The Morgan fingerprint density at radius 3 is 2.87 bits per heavy atom. The standard InChI is InChI=1S/C23H28F2N4S/c1-15-14-29(11-9-23(15,24)25)22-19(12-17-6-5-7-20(17)28-22)16(2)27-18-8-10-26-21(13-18)30(3)4/h8,10,12-13,15H,2-3,5-7,9,11,14H2,1,4H3,(H,26,27). The molecule has 0 aromatic carbocycles. The second kappa shape index (κ2) is 8.10. The molecule has 0 amide bonds. The molecule has 3 heterocycles. The zero-order valence-corrected chi connectivity index (χ0v) is 18.4. The number of piperidine rings is 1. The minimum atomic E-state index is -2.62. The molecule has 1 aliphatic carbocycles. The normalized spacial score (nSPS) is 21.2. The summed E-state index contributed by atoms with van der Waals surface area (Å²) in [6, 6.07) is 6.02. The van der Waals surface area contributed by atoms with Crippen molar-refractivity contribution in [2.24, 2.45) is 5.92 Å². The van der Waals surface area contributed by atoms with Gasteiger partial charge in [-0.15, -0.1) is 10.5 Å². The summed E-state index contributed by atoms with van der Waals surface area (Å²) in [4.78, 5) is 11.3. The van der Waals surface area contributed by atoms with E-state index >= 15 is 0 Å². The summed E-state index contributed by atoms with van der Waals surface area (Å²) in [6.45, 7) is 6.47. The Hall–Kier alpha value is -2.28. The summed E-state index contributed by atoms with van der Waals surface area (Å²) in [5, 5.41) is 4.30. The van der Waals surface area contributed by atoms with Crippen molar-refractivity contribution in [3.8, 4) is 0 Å². The highest BCUT2D eigenvalue weighted by molar-refractivity contribution is 8.13. The average molecular weight is 431 g/mol. The Morgan fingerprint density at radius 2 is 2.13 bits per heavy atom. The van der Waals surface area contributed by atoms with E-state index in [1.54, 1.807) is 13.1 Å². The first-order chi connectivity index (χ1) is 14.2. The van der Waals surface area contributed by atoms with Gasteiger partial charge in [0.05, 0.1) is 5.03 Å². The minimum absolute atomic E-state index is 0.150. The molecule has 2 atom stereocenters. The van der Waals surface area contributed by atoms with Crippen LogP contribution in [0.15, 0.2) is 36.0 Å². The van der Waals surface area contributed by atoms with Crippen molar-refractivity contribution < 1.29 is 8.78 Å². The van der Waals surface area contributed by atoms with Gasteiger partial charge in [0, 0.05) is 54.3 Å². The van der Waals surface area contributed by atoms with E-state index in [1.165, 1.54) is 5.56 Å². The van der Waals surface area contributed by atoms with Gasteiger partial charge < -0.3 is 10.2 Å². The number of aryl methyl sites for hydroxylation is 2. The fraction of sp³-hybridized carbons (Fsp3) is 0.435. The number of anilines is 2. The van der Waals surface area contributed by atoms with Crippen LogP contribution < -0.4 is 10.2 Å². The van der Waals surface area contributed by atoms with Crippen LogP contribution in [-0.2, 0) is 12.8 Å². The highest BCUT2D eigenvalue weighted by Crippen LogP contribution is 2.38.